The topological polar surface area (TPSA) is 81.4 Å². The fraction of sp³-hybridized carbons (Fsp3) is 0.211. The molecule has 1 unspecified atom stereocenters. The number of ether oxygens (including phenoxy) is 1. The van der Waals surface area contributed by atoms with Crippen molar-refractivity contribution in [1.82, 2.24) is 10.3 Å². The number of oxazole rings is 1. The van der Waals surface area contributed by atoms with E-state index in [0.29, 0.717) is 18.2 Å². The van der Waals surface area contributed by atoms with Crippen LogP contribution in [-0.4, -0.2) is 23.0 Å². The maximum absolute atomic E-state index is 12.3. The number of carbonyl (C=O) groups is 2. The Balaban J connectivity index is 1.62. The quantitative estimate of drug-likeness (QED) is 0.671. The van der Waals surface area contributed by atoms with E-state index in [1.807, 2.05) is 47.8 Å². The molecule has 0 saturated heterocycles. The second-order valence-corrected chi connectivity index (χ2v) is 6.67. The third kappa shape index (κ3) is 4.18. The molecule has 1 N–H and O–H groups in total. The first-order valence-corrected chi connectivity index (χ1v) is 8.96. The van der Waals surface area contributed by atoms with Crippen LogP contribution in [0, 0.1) is 6.92 Å². The zero-order valence-electron chi connectivity index (χ0n) is 14.4. The van der Waals surface area contributed by atoms with Crippen LogP contribution in [0.2, 0.25) is 0 Å². The molecule has 0 aliphatic rings. The molecule has 1 aromatic carbocycles. The van der Waals surface area contributed by atoms with Gasteiger partial charge in [0, 0.05) is 10.4 Å². The predicted molar refractivity (Wildman–Crippen MR) is 97.7 cm³/mol. The predicted octanol–water partition coefficient (Wildman–Crippen LogP) is 3.57. The Bertz CT molecular complexity index is 888. The van der Waals surface area contributed by atoms with Gasteiger partial charge in [0.25, 0.3) is 5.91 Å². The van der Waals surface area contributed by atoms with Gasteiger partial charge in [-0.2, -0.15) is 0 Å². The van der Waals surface area contributed by atoms with Crippen LogP contribution in [0.25, 0.3) is 11.5 Å². The molecule has 0 spiro atoms. The van der Waals surface area contributed by atoms with Crippen molar-refractivity contribution in [1.29, 1.82) is 0 Å². The second-order valence-electron chi connectivity index (χ2n) is 5.63. The fourth-order valence-corrected chi connectivity index (χ4v) is 2.94. The molecule has 0 aliphatic carbocycles. The van der Waals surface area contributed by atoms with Gasteiger partial charge in [-0.1, -0.05) is 24.3 Å². The van der Waals surface area contributed by atoms with E-state index in [4.69, 9.17) is 9.15 Å². The van der Waals surface area contributed by atoms with Crippen LogP contribution in [0.4, 0.5) is 0 Å². The van der Waals surface area contributed by atoms with E-state index in [0.717, 1.165) is 10.4 Å². The highest BCUT2D eigenvalue weighted by Crippen LogP contribution is 2.22. The molecule has 2 aromatic heterocycles. The number of amides is 1. The van der Waals surface area contributed by atoms with E-state index in [9.17, 15) is 9.59 Å². The first kappa shape index (κ1) is 17.9. The van der Waals surface area contributed by atoms with Gasteiger partial charge in [-0.3, -0.25) is 4.79 Å². The largest absolute Gasteiger partial charge is 0.448 e. The molecule has 6 nitrogen and oxygen atoms in total. The molecule has 2 heterocycles. The zero-order chi connectivity index (χ0) is 18.5. The highest BCUT2D eigenvalue weighted by atomic mass is 32.1. The van der Waals surface area contributed by atoms with E-state index in [2.05, 4.69) is 10.3 Å². The second kappa shape index (κ2) is 7.97. The highest BCUT2D eigenvalue weighted by molar-refractivity contribution is 7.09. The molecule has 26 heavy (non-hydrogen) atoms. The maximum atomic E-state index is 12.3. The Morgan fingerprint density at radius 2 is 2.00 bits per heavy atom. The summed E-state index contributed by atoms with van der Waals surface area (Å²) in [6.07, 6.45) is -0.932. The van der Waals surface area contributed by atoms with Crippen LogP contribution >= 0.6 is 11.3 Å². The van der Waals surface area contributed by atoms with Crippen LogP contribution in [0.1, 0.15) is 28.0 Å². The molecule has 0 saturated carbocycles. The molecule has 0 fully saturated rings. The lowest BCUT2D eigenvalue weighted by Crippen LogP contribution is -2.35. The number of aromatic nitrogens is 1. The normalized spacial score (nSPS) is 11.8. The summed E-state index contributed by atoms with van der Waals surface area (Å²) in [5.74, 6) is -0.367. The average Bonchev–Trinajstić information content (AvgIpc) is 3.29. The van der Waals surface area contributed by atoms with Crippen molar-refractivity contribution in [2.75, 3.05) is 0 Å². The molecule has 134 valence electrons. The standard InChI is InChI=1S/C19H18N2O4S/c1-12-16(21-18(24-12)14-7-4-3-5-8-14)19(23)25-13(2)17(22)20-11-15-9-6-10-26-15/h3-10,13H,11H2,1-2H3,(H,20,22). The van der Waals surface area contributed by atoms with Crippen molar-refractivity contribution in [3.63, 3.8) is 0 Å². The monoisotopic (exact) mass is 370 g/mol. The van der Waals surface area contributed by atoms with Gasteiger partial charge in [0.05, 0.1) is 6.54 Å². The lowest BCUT2D eigenvalue weighted by atomic mass is 10.2. The number of hydrogen-bond acceptors (Lipinski definition) is 6. The van der Waals surface area contributed by atoms with Crippen molar-refractivity contribution in [3.8, 4) is 11.5 Å². The van der Waals surface area contributed by atoms with Gasteiger partial charge in [0.1, 0.15) is 5.76 Å². The molecule has 7 heteroatoms. The molecule has 3 rings (SSSR count). The van der Waals surface area contributed by atoms with E-state index in [1.54, 1.807) is 18.3 Å². The van der Waals surface area contributed by atoms with E-state index < -0.39 is 12.1 Å². The molecule has 0 aliphatic heterocycles. The molecule has 0 radical (unpaired) electrons. The summed E-state index contributed by atoms with van der Waals surface area (Å²) >= 11 is 1.55. The van der Waals surface area contributed by atoms with Crippen molar-refractivity contribution in [2.24, 2.45) is 0 Å². The Kier molecular flexibility index (Phi) is 5.48. The Morgan fingerprint density at radius 3 is 2.69 bits per heavy atom. The van der Waals surface area contributed by atoms with Gasteiger partial charge in [-0.15, -0.1) is 11.3 Å². The summed E-state index contributed by atoms with van der Waals surface area (Å²) < 4.78 is 10.8. The minimum absolute atomic E-state index is 0.0711. The molecule has 3 aromatic rings. The summed E-state index contributed by atoms with van der Waals surface area (Å²) in [6.45, 7) is 3.56. The van der Waals surface area contributed by atoms with Gasteiger partial charge in [0.2, 0.25) is 5.89 Å². The minimum atomic E-state index is -0.932. The third-order valence-corrected chi connectivity index (χ3v) is 4.56. The van der Waals surface area contributed by atoms with Crippen LogP contribution < -0.4 is 5.32 Å². The van der Waals surface area contributed by atoms with Crippen LogP contribution in [0.3, 0.4) is 0 Å². The van der Waals surface area contributed by atoms with E-state index in [-0.39, 0.29) is 11.6 Å². The number of rotatable bonds is 6. The van der Waals surface area contributed by atoms with Crippen molar-refractivity contribution >= 4 is 23.2 Å². The SMILES string of the molecule is Cc1oc(-c2ccccc2)nc1C(=O)OC(C)C(=O)NCc1cccs1. The van der Waals surface area contributed by atoms with Gasteiger partial charge < -0.3 is 14.5 Å². The summed E-state index contributed by atoms with van der Waals surface area (Å²) in [5, 5.41) is 4.67. The number of esters is 1. The fourth-order valence-electron chi connectivity index (χ4n) is 2.29. The first-order valence-electron chi connectivity index (χ1n) is 8.08. The molecular weight excluding hydrogens is 352 g/mol. The smallest absolute Gasteiger partial charge is 0.361 e. The maximum Gasteiger partial charge on any atom is 0.361 e. The number of nitrogens with zero attached hydrogens (tertiary/aromatic N) is 1. The summed E-state index contributed by atoms with van der Waals surface area (Å²) in [4.78, 5) is 29.7. The number of hydrogen-bond donors (Lipinski definition) is 1. The number of nitrogens with one attached hydrogen (secondary N) is 1. The molecule has 1 atom stereocenters. The van der Waals surface area contributed by atoms with Crippen molar-refractivity contribution in [2.45, 2.75) is 26.5 Å². The zero-order valence-corrected chi connectivity index (χ0v) is 15.2. The average molecular weight is 370 g/mol. The summed E-state index contributed by atoms with van der Waals surface area (Å²) in [6, 6.07) is 13.1. The Morgan fingerprint density at radius 1 is 1.23 bits per heavy atom. The number of carbonyl (C=O) groups excluding carboxylic acids is 2. The van der Waals surface area contributed by atoms with E-state index >= 15 is 0 Å². The van der Waals surface area contributed by atoms with Gasteiger partial charge in [-0.05, 0) is 37.4 Å². The van der Waals surface area contributed by atoms with Crippen molar-refractivity contribution in [3.05, 3.63) is 64.2 Å². The third-order valence-electron chi connectivity index (χ3n) is 3.68. The number of benzene rings is 1. The molecular formula is C19H18N2O4S. The number of aryl methyl sites for hydroxylation is 1. The van der Waals surface area contributed by atoms with Gasteiger partial charge in [0.15, 0.2) is 11.8 Å². The lowest BCUT2D eigenvalue weighted by molar-refractivity contribution is -0.129. The minimum Gasteiger partial charge on any atom is -0.448 e. The lowest BCUT2D eigenvalue weighted by Gasteiger charge is -2.12. The van der Waals surface area contributed by atoms with Crippen LogP contribution in [0.5, 0.6) is 0 Å². The first-order chi connectivity index (χ1) is 12.5. The number of thiophene rings is 1. The Labute approximate surface area is 154 Å². The highest BCUT2D eigenvalue weighted by Gasteiger charge is 2.24. The van der Waals surface area contributed by atoms with Gasteiger partial charge >= 0.3 is 5.97 Å². The van der Waals surface area contributed by atoms with Crippen LogP contribution in [0.15, 0.2) is 52.3 Å². The van der Waals surface area contributed by atoms with Crippen molar-refractivity contribution < 1.29 is 18.7 Å². The summed E-state index contributed by atoms with van der Waals surface area (Å²) in [7, 11) is 0. The Hall–Kier alpha value is -2.93. The molecule has 0 bridgehead atoms. The molecule has 1 amide bonds. The van der Waals surface area contributed by atoms with E-state index in [1.165, 1.54) is 6.92 Å². The van der Waals surface area contributed by atoms with Crippen LogP contribution in [-0.2, 0) is 16.1 Å². The van der Waals surface area contributed by atoms with Gasteiger partial charge in [-0.25, -0.2) is 9.78 Å². The summed E-state index contributed by atoms with van der Waals surface area (Å²) in [5.41, 5.74) is 0.832.